The molecule has 0 spiro atoms. The molecule has 1 rings (SSSR count). The van der Waals surface area contributed by atoms with E-state index >= 15 is 0 Å². The van der Waals surface area contributed by atoms with E-state index in [1.807, 2.05) is 6.92 Å². The zero-order valence-corrected chi connectivity index (χ0v) is 12.9. The van der Waals surface area contributed by atoms with Gasteiger partial charge in [-0.05, 0) is 60.4 Å². The molecule has 4 heteroatoms. The number of likely N-dealkylation sites (N-methyl/N-ethyl adjacent to an activating group) is 1. The largest absolute Gasteiger partial charge is 0.380 e. The molecule has 0 aliphatic carbocycles. The topological polar surface area (TPSA) is 38.5 Å². The highest BCUT2D eigenvalue weighted by Crippen LogP contribution is 2.27. The number of nitrogens with zero attached hydrogens (tertiary/aromatic N) is 1. The lowest BCUT2D eigenvalue weighted by atomic mass is 10.1. The van der Waals surface area contributed by atoms with E-state index < -0.39 is 0 Å². The molecule has 0 unspecified atom stereocenters. The summed E-state index contributed by atoms with van der Waals surface area (Å²) in [6.07, 6.45) is 0.921. The third-order valence-electron chi connectivity index (χ3n) is 2.88. The van der Waals surface area contributed by atoms with Gasteiger partial charge in [-0.1, -0.05) is 6.07 Å². The van der Waals surface area contributed by atoms with Crippen LogP contribution in [0.4, 0.5) is 5.69 Å². The maximum absolute atomic E-state index is 5.57. The lowest BCUT2D eigenvalue weighted by Crippen LogP contribution is -2.27. The highest BCUT2D eigenvalue weighted by molar-refractivity contribution is 9.10. The molecule has 2 N–H and O–H groups in total. The van der Waals surface area contributed by atoms with Crippen LogP contribution in [0.2, 0.25) is 0 Å². The van der Waals surface area contributed by atoms with Crippen LogP contribution in [0.5, 0.6) is 0 Å². The molecule has 0 amide bonds. The molecule has 1 aromatic rings. The van der Waals surface area contributed by atoms with E-state index in [4.69, 9.17) is 10.5 Å². The lowest BCUT2D eigenvalue weighted by Gasteiger charge is -2.24. The quantitative estimate of drug-likeness (QED) is 0.750. The Bertz CT molecular complexity index is 358. The first-order chi connectivity index (χ1) is 8.72. The first-order valence-electron chi connectivity index (χ1n) is 6.54. The van der Waals surface area contributed by atoms with Gasteiger partial charge in [0.25, 0.3) is 0 Å². The number of hydrogen-bond acceptors (Lipinski definition) is 3. The predicted molar refractivity (Wildman–Crippen MR) is 81.3 cm³/mol. The van der Waals surface area contributed by atoms with Gasteiger partial charge in [-0.15, -0.1) is 0 Å². The summed E-state index contributed by atoms with van der Waals surface area (Å²) in [4.78, 5) is 2.31. The van der Waals surface area contributed by atoms with Crippen LogP contribution in [0, 0.1) is 0 Å². The van der Waals surface area contributed by atoms with E-state index in [1.165, 1.54) is 11.3 Å². The van der Waals surface area contributed by atoms with Gasteiger partial charge in [0, 0.05) is 24.2 Å². The number of rotatable bonds is 8. The van der Waals surface area contributed by atoms with E-state index in [1.54, 1.807) is 0 Å². The summed E-state index contributed by atoms with van der Waals surface area (Å²) in [6, 6.07) is 6.46. The van der Waals surface area contributed by atoms with Crippen LogP contribution in [0.15, 0.2) is 22.7 Å². The van der Waals surface area contributed by atoms with Gasteiger partial charge >= 0.3 is 0 Å². The van der Waals surface area contributed by atoms with Crippen molar-refractivity contribution in [2.45, 2.75) is 20.3 Å². The van der Waals surface area contributed by atoms with Crippen LogP contribution in [-0.2, 0) is 11.2 Å². The summed E-state index contributed by atoms with van der Waals surface area (Å²) in [5.41, 5.74) is 8.07. The predicted octanol–water partition coefficient (Wildman–Crippen LogP) is 2.81. The molecule has 0 bridgehead atoms. The number of ether oxygens (including phenoxy) is 1. The van der Waals surface area contributed by atoms with Crippen molar-refractivity contribution >= 4 is 21.6 Å². The summed E-state index contributed by atoms with van der Waals surface area (Å²) in [6.45, 7) is 8.30. The third kappa shape index (κ3) is 4.59. The molecule has 3 nitrogen and oxygen atoms in total. The second kappa shape index (κ2) is 8.51. The molecule has 18 heavy (non-hydrogen) atoms. The first kappa shape index (κ1) is 15.5. The van der Waals surface area contributed by atoms with Gasteiger partial charge in [0.15, 0.2) is 0 Å². The Balaban J connectivity index is 2.73. The normalized spacial score (nSPS) is 10.7. The molecule has 0 aliphatic rings. The average molecular weight is 315 g/mol. The molecule has 0 atom stereocenters. The van der Waals surface area contributed by atoms with Crippen molar-refractivity contribution in [2.75, 3.05) is 37.7 Å². The van der Waals surface area contributed by atoms with Crippen molar-refractivity contribution < 1.29 is 4.74 Å². The summed E-state index contributed by atoms with van der Waals surface area (Å²) < 4.78 is 6.55. The van der Waals surface area contributed by atoms with E-state index in [-0.39, 0.29) is 0 Å². The second-order valence-electron chi connectivity index (χ2n) is 4.10. The molecular weight excluding hydrogens is 292 g/mol. The Morgan fingerprint density at radius 2 is 2.11 bits per heavy atom. The summed E-state index contributed by atoms with van der Waals surface area (Å²) in [7, 11) is 0. The summed E-state index contributed by atoms with van der Waals surface area (Å²) >= 11 is 3.64. The van der Waals surface area contributed by atoms with Gasteiger partial charge in [-0.2, -0.15) is 0 Å². The molecule has 1 aromatic carbocycles. The number of benzene rings is 1. The van der Waals surface area contributed by atoms with Crippen LogP contribution in [-0.4, -0.2) is 32.8 Å². The molecule has 0 fully saturated rings. The Kier molecular flexibility index (Phi) is 7.32. The third-order valence-corrected chi connectivity index (χ3v) is 3.51. The first-order valence-corrected chi connectivity index (χ1v) is 7.33. The van der Waals surface area contributed by atoms with E-state index in [0.717, 1.165) is 37.2 Å². The Hall–Kier alpha value is -0.580. The van der Waals surface area contributed by atoms with Crippen molar-refractivity contribution in [3.05, 3.63) is 28.2 Å². The Labute approximate surface area is 118 Å². The van der Waals surface area contributed by atoms with Crippen LogP contribution in [0.1, 0.15) is 19.4 Å². The lowest BCUT2D eigenvalue weighted by molar-refractivity contribution is 0.154. The fourth-order valence-electron chi connectivity index (χ4n) is 1.90. The highest BCUT2D eigenvalue weighted by Gasteiger charge is 2.08. The monoisotopic (exact) mass is 314 g/mol. The minimum atomic E-state index is 0.688. The zero-order chi connectivity index (χ0) is 13.4. The molecule has 102 valence electrons. The van der Waals surface area contributed by atoms with E-state index in [2.05, 4.69) is 46.0 Å². The van der Waals surface area contributed by atoms with Crippen molar-refractivity contribution in [1.29, 1.82) is 0 Å². The minimum absolute atomic E-state index is 0.688. The van der Waals surface area contributed by atoms with Gasteiger partial charge in [-0.3, -0.25) is 0 Å². The fourth-order valence-corrected chi connectivity index (χ4v) is 2.57. The van der Waals surface area contributed by atoms with Crippen LogP contribution >= 0.6 is 15.9 Å². The average Bonchev–Trinajstić information content (AvgIpc) is 2.36. The molecule has 0 saturated carbocycles. The fraction of sp³-hybridized carbons (Fsp3) is 0.571. The van der Waals surface area contributed by atoms with Crippen LogP contribution < -0.4 is 10.6 Å². The van der Waals surface area contributed by atoms with Gasteiger partial charge in [0.05, 0.1) is 12.3 Å². The molecule has 0 heterocycles. The number of nitrogens with two attached hydrogens (primary N) is 1. The van der Waals surface area contributed by atoms with Gasteiger partial charge in [0.2, 0.25) is 0 Å². The van der Waals surface area contributed by atoms with Gasteiger partial charge in [0.1, 0.15) is 0 Å². The molecule has 0 aliphatic heterocycles. The number of hydrogen-bond donors (Lipinski definition) is 1. The highest BCUT2D eigenvalue weighted by atomic mass is 79.9. The second-order valence-corrected chi connectivity index (χ2v) is 4.96. The minimum Gasteiger partial charge on any atom is -0.380 e. The SMILES string of the molecule is CCOCCN(CC)c1ccc(CCN)cc1Br. The van der Waals surface area contributed by atoms with Crippen molar-refractivity contribution in [3.8, 4) is 0 Å². The maximum Gasteiger partial charge on any atom is 0.0641 e. The Morgan fingerprint density at radius 3 is 2.67 bits per heavy atom. The molecule has 0 saturated heterocycles. The smallest absolute Gasteiger partial charge is 0.0641 e. The standard InChI is InChI=1S/C14H23BrN2O/c1-3-17(9-10-18-4-2)14-6-5-12(7-8-16)11-13(14)15/h5-6,11H,3-4,7-10,16H2,1-2H3. The van der Waals surface area contributed by atoms with Gasteiger partial charge in [-0.25, -0.2) is 0 Å². The summed E-state index contributed by atoms with van der Waals surface area (Å²) in [5.74, 6) is 0. The summed E-state index contributed by atoms with van der Waals surface area (Å²) in [5, 5.41) is 0. The number of anilines is 1. The van der Waals surface area contributed by atoms with Crippen molar-refractivity contribution in [3.63, 3.8) is 0 Å². The molecule has 0 aromatic heterocycles. The van der Waals surface area contributed by atoms with Crippen molar-refractivity contribution in [2.24, 2.45) is 5.73 Å². The maximum atomic E-state index is 5.57. The molecule has 0 radical (unpaired) electrons. The van der Waals surface area contributed by atoms with Crippen molar-refractivity contribution in [1.82, 2.24) is 0 Å². The number of halogens is 1. The Morgan fingerprint density at radius 1 is 1.33 bits per heavy atom. The van der Waals surface area contributed by atoms with Gasteiger partial charge < -0.3 is 15.4 Å². The molecular formula is C14H23BrN2O. The van der Waals surface area contributed by atoms with Crippen LogP contribution in [0.3, 0.4) is 0 Å². The van der Waals surface area contributed by atoms with Crippen LogP contribution in [0.25, 0.3) is 0 Å². The van der Waals surface area contributed by atoms with E-state index in [9.17, 15) is 0 Å². The van der Waals surface area contributed by atoms with E-state index in [0.29, 0.717) is 6.54 Å². The zero-order valence-electron chi connectivity index (χ0n) is 11.3.